The molecule has 3 heteroatoms. The summed E-state index contributed by atoms with van der Waals surface area (Å²) < 4.78 is 0. The van der Waals surface area contributed by atoms with Crippen LogP contribution in [0.4, 0.5) is 0 Å². The summed E-state index contributed by atoms with van der Waals surface area (Å²) in [4.78, 5) is 4.52. The van der Waals surface area contributed by atoms with Crippen LogP contribution in [0.15, 0.2) is 18.3 Å². The van der Waals surface area contributed by atoms with Crippen LogP contribution in [0.2, 0.25) is 0 Å². The van der Waals surface area contributed by atoms with Gasteiger partial charge in [0.05, 0.1) is 5.60 Å². The maximum atomic E-state index is 11.0. The molecule has 2 N–H and O–H groups in total. The van der Waals surface area contributed by atoms with Crippen LogP contribution >= 0.6 is 0 Å². The Labute approximate surface area is 102 Å². The Morgan fingerprint density at radius 1 is 1.53 bits per heavy atom. The molecule has 2 aliphatic rings. The second kappa shape index (κ2) is 4.07. The van der Waals surface area contributed by atoms with E-state index in [-0.39, 0.29) is 5.92 Å². The molecule has 3 unspecified atom stereocenters. The van der Waals surface area contributed by atoms with Crippen LogP contribution in [0, 0.1) is 5.92 Å². The average molecular weight is 232 g/mol. The van der Waals surface area contributed by atoms with Crippen molar-refractivity contribution in [1.82, 2.24) is 10.3 Å². The van der Waals surface area contributed by atoms with Crippen molar-refractivity contribution < 1.29 is 5.11 Å². The number of fused-ring (bicyclic) bond motifs is 1. The Morgan fingerprint density at radius 2 is 2.41 bits per heavy atom. The van der Waals surface area contributed by atoms with E-state index in [9.17, 15) is 5.11 Å². The topological polar surface area (TPSA) is 45.1 Å². The van der Waals surface area contributed by atoms with Crippen LogP contribution in [0.25, 0.3) is 0 Å². The summed E-state index contributed by atoms with van der Waals surface area (Å²) in [5.41, 5.74) is 1.91. The molecule has 17 heavy (non-hydrogen) atoms. The van der Waals surface area contributed by atoms with Crippen LogP contribution < -0.4 is 5.32 Å². The first-order valence-electron chi connectivity index (χ1n) is 6.58. The molecule has 92 valence electrons. The van der Waals surface area contributed by atoms with Gasteiger partial charge in [-0.25, -0.2) is 0 Å². The lowest BCUT2D eigenvalue weighted by Crippen LogP contribution is -2.52. The third-order valence-corrected chi connectivity index (χ3v) is 4.57. The second-order valence-corrected chi connectivity index (χ2v) is 5.49. The zero-order chi connectivity index (χ0) is 11.9. The molecule has 0 bridgehead atoms. The van der Waals surface area contributed by atoms with Crippen LogP contribution in [0.3, 0.4) is 0 Å². The van der Waals surface area contributed by atoms with Gasteiger partial charge in [-0.1, -0.05) is 13.0 Å². The monoisotopic (exact) mass is 232 g/mol. The summed E-state index contributed by atoms with van der Waals surface area (Å²) in [6.07, 6.45) is 4.81. The Balaban J connectivity index is 1.95. The molecule has 3 atom stereocenters. The quantitative estimate of drug-likeness (QED) is 0.770. The summed E-state index contributed by atoms with van der Waals surface area (Å²) in [7, 11) is 0. The minimum atomic E-state index is -0.565. The average Bonchev–Trinajstić information content (AvgIpc) is 2.77. The van der Waals surface area contributed by atoms with Gasteiger partial charge >= 0.3 is 0 Å². The van der Waals surface area contributed by atoms with Crippen molar-refractivity contribution in [2.75, 3.05) is 13.1 Å². The van der Waals surface area contributed by atoms with Gasteiger partial charge < -0.3 is 10.4 Å². The molecule has 3 nitrogen and oxygen atoms in total. The molecule has 2 heterocycles. The third kappa shape index (κ3) is 1.69. The fraction of sp³-hybridized carbons (Fsp3) is 0.643. The number of hydrogen-bond donors (Lipinski definition) is 2. The van der Waals surface area contributed by atoms with Gasteiger partial charge in [0, 0.05) is 24.4 Å². The SMILES string of the molecule is CC1CNCCC1(O)C1CCc2cccnc21. The molecule has 0 amide bonds. The predicted molar refractivity (Wildman–Crippen MR) is 66.9 cm³/mol. The largest absolute Gasteiger partial charge is 0.389 e. The third-order valence-electron chi connectivity index (χ3n) is 4.57. The molecule has 0 saturated carbocycles. The van der Waals surface area contributed by atoms with Gasteiger partial charge in [0.2, 0.25) is 0 Å². The molecule has 0 spiro atoms. The van der Waals surface area contributed by atoms with Crippen molar-refractivity contribution in [3.63, 3.8) is 0 Å². The molecule has 1 fully saturated rings. The zero-order valence-corrected chi connectivity index (χ0v) is 10.3. The highest BCUT2D eigenvalue weighted by Crippen LogP contribution is 2.45. The van der Waals surface area contributed by atoms with Crippen molar-refractivity contribution in [3.8, 4) is 0 Å². The second-order valence-electron chi connectivity index (χ2n) is 5.49. The Kier molecular flexibility index (Phi) is 2.68. The highest BCUT2D eigenvalue weighted by atomic mass is 16.3. The summed E-state index contributed by atoms with van der Waals surface area (Å²) in [5, 5.41) is 14.4. The highest BCUT2D eigenvalue weighted by molar-refractivity contribution is 5.31. The van der Waals surface area contributed by atoms with Gasteiger partial charge in [-0.2, -0.15) is 0 Å². The lowest BCUT2D eigenvalue weighted by Gasteiger charge is -2.43. The molecular formula is C14H20N2O. The molecule has 0 radical (unpaired) electrons. The standard InChI is InChI=1S/C14H20N2O/c1-10-9-15-8-6-14(10,17)12-5-4-11-3-2-7-16-13(11)12/h2-3,7,10,12,15,17H,4-6,8-9H2,1H3. The van der Waals surface area contributed by atoms with Crippen molar-refractivity contribution in [1.29, 1.82) is 0 Å². The Bertz CT molecular complexity index is 420. The maximum absolute atomic E-state index is 11.0. The van der Waals surface area contributed by atoms with E-state index < -0.39 is 5.60 Å². The van der Waals surface area contributed by atoms with E-state index in [4.69, 9.17) is 0 Å². The number of aryl methyl sites for hydroxylation is 1. The van der Waals surface area contributed by atoms with Crippen LogP contribution in [0.5, 0.6) is 0 Å². The minimum Gasteiger partial charge on any atom is -0.389 e. The smallest absolute Gasteiger partial charge is 0.0780 e. The van der Waals surface area contributed by atoms with Crippen molar-refractivity contribution >= 4 is 0 Å². The van der Waals surface area contributed by atoms with Crippen molar-refractivity contribution in [2.45, 2.75) is 37.7 Å². The molecule has 1 aliphatic heterocycles. The molecule has 1 saturated heterocycles. The minimum absolute atomic E-state index is 0.232. The van der Waals surface area contributed by atoms with Gasteiger partial charge in [0.25, 0.3) is 0 Å². The summed E-state index contributed by atoms with van der Waals surface area (Å²) >= 11 is 0. The van der Waals surface area contributed by atoms with Crippen LogP contribution in [0.1, 0.15) is 36.9 Å². The molecule has 3 rings (SSSR count). The van der Waals surface area contributed by atoms with Crippen LogP contribution in [-0.4, -0.2) is 28.8 Å². The number of piperidine rings is 1. The highest BCUT2D eigenvalue weighted by Gasteiger charge is 2.46. The number of pyridine rings is 1. The molecule has 1 aromatic rings. The van der Waals surface area contributed by atoms with Gasteiger partial charge in [0.1, 0.15) is 0 Å². The first-order valence-corrected chi connectivity index (χ1v) is 6.58. The normalized spacial score (nSPS) is 36.8. The number of aliphatic hydroxyl groups is 1. The number of hydrogen-bond acceptors (Lipinski definition) is 3. The summed E-state index contributed by atoms with van der Waals surface area (Å²) in [5.74, 6) is 0.532. The number of nitrogens with one attached hydrogen (secondary N) is 1. The van der Waals surface area contributed by atoms with E-state index in [0.29, 0.717) is 5.92 Å². The van der Waals surface area contributed by atoms with Crippen molar-refractivity contribution in [2.24, 2.45) is 5.92 Å². The van der Waals surface area contributed by atoms with E-state index in [0.717, 1.165) is 38.0 Å². The first kappa shape index (κ1) is 11.2. The Hall–Kier alpha value is -0.930. The number of nitrogens with zero attached hydrogens (tertiary/aromatic N) is 1. The van der Waals surface area contributed by atoms with Gasteiger partial charge in [-0.05, 0) is 43.4 Å². The van der Waals surface area contributed by atoms with E-state index >= 15 is 0 Å². The van der Waals surface area contributed by atoms with Gasteiger partial charge in [-0.15, -0.1) is 0 Å². The van der Waals surface area contributed by atoms with Gasteiger partial charge in [0.15, 0.2) is 0 Å². The van der Waals surface area contributed by atoms with Gasteiger partial charge in [-0.3, -0.25) is 4.98 Å². The van der Waals surface area contributed by atoms with E-state index in [2.05, 4.69) is 23.3 Å². The predicted octanol–water partition coefficient (Wildman–Crippen LogP) is 1.47. The van der Waals surface area contributed by atoms with Crippen LogP contribution in [-0.2, 0) is 6.42 Å². The lowest BCUT2D eigenvalue weighted by atomic mass is 9.72. The van der Waals surface area contributed by atoms with Crippen molar-refractivity contribution in [3.05, 3.63) is 29.6 Å². The summed E-state index contributed by atoms with van der Waals surface area (Å²) in [6, 6.07) is 4.15. The van der Waals surface area contributed by atoms with E-state index in [1.54, 1.807) is 0 Å². The molecule has 1 aliphatic carbocycles. The first-order chi connectivity index (χ1) is 8.22. The summed E-state index contributed by atoms with van der Waals surface area (Å²) in [6.45, 7) is 3.97. The van der Waals surface area contributed by atoms with E-state index in [1.807, 2.05) is 12.3 Å². The fourth-order valence-electron chi connectivity index (χ4n) is 3.45. The molecular weight excluding hydrogens is 212 g/mol. The number of rotatable bonds is 1. The lowest BCUT2D eigenvalue weighted by molar-refractivity contribution is -0.0575. The zero-order valence-electron chi connectivity index (χ0n) is 10.3. The molecule has 0 aromatic carbocycles. The van der Waals surface area contributed by atoms with E-state index in [1.165, 1.54) is 5.56 Å². The number of aromatic nitrogens is 1. The molecule has 1 aromatic heterocycles. The Morgan fingerprint density at radius 3 is 3.24 bits per heavy atom. The maximum Gasteiger partial charge on any atom is 0.0780 e. The fourth-order valence-corrected chi connectivity index (χ4v) is 3.45.